The molecular weight excluding hydrogens is 248 g/mol. The maximum absolute atomic E-state index is 8.82. The van der Waals surface area contributed by atoms with E-state index >= 15 is 0 Å². The second-order valence-electron chi connectivity index (χ2n) is 4.82. The molecule has 0 atom stereocenters. The van der Waals surface area contributed by atoms with Gasteiger partial charge in [0.1, 0.15) is 5.82 Å². The Morgan fingerprint density at radius 1 is 1.20 bits per heavy atom. The fourth-order valence-corrected chi connectivity index (χ4v) is 2.51. The fourth-order valence-electron chi connectivity index (χ4n) is 2.51. The minimum atomic E-state index is 0.232. The van der Waals surface area contributed by atoms with E-state index in [1.807, 2.05) is 32.0 Å². The molecule has 0 fully saturated rings. The molecule has 2 heterocycles. The van der Waals surface area contributed by atoms with Gasteiger partial charge in [-0.1, -0.05) is 18.2 Å². The molecule has 0 bridgehead atoms. The minimum Gasteiger partial charge on any atom is -0.358 e. The molecule has 4 heteroatoms. The number of para-hydroxylation sites is 1. The SMILES string of the molecule is Cc1cc(-c2c(C)[nH]c3ccccc23)nc(CC#N)n1. The van der Waals surface area contributed by atoms with E-state index in [9.17, 15) is 0 Å². The van der Waals surface area contributed by atoms with Crippen LogP contribution in [0.25, 0.3) is 22.2 Å². The van der Waals surface area contributed by atoms with Crippen molar-refractivity contribution in [3.8, 4) is 17.3 Å². The van der Waals surface area contributed by atoms with Crippen LogP contribution in [0.2, 0.25) is 0 Å². The third kappa shape index (κ3) is 2.04. The molecule has 4 nitrogen and oxygen atoms in total. The lowest BCUT2D eigenvalue weighted by Crippen LogP contribution is -1.98. The van der Waals surface area contributed by atoms with Crippen molar-refractivity contribution in [2.45, 2.75) is 20.3 Å². The Morgan fingerprint density at radius 3 is 2.80 bits per heavy atom. The van der Waals surface area contributed by atoms with Crippen molar-refractivity contribution in [2.75, 3.05) is 0 Å². The maximum Gasteiger partial charge on any atom is 0.143 e. The molecule has 0 aliphatic heterocycles. The van der Waals surface area contributed by atoms with Gasteiger partial charge < -0.3 is 4.98 Å². The van der Waals surface area contributed by atoms with Crippen LogP contribution in [0.5, 0.6) is 0 Å². The van der Waals surface area contributed by atoms with Crippen molar-refractivity contribution in [3.05, 3.63) is 47.5 Å². The second kappa shape index (κ2) is 4.78. The summed E-state index contributed by atoms with van der Waals surface area (Å²) in [5, 5.41) is 9.97. The molecule has 0 spiro atoms. The monoisotopic (exact) mass is 262 g/mol. The van der Waals surface area contributed by atoms with Crippen LogP contribution in [0.4, 0.5) is 0 Å². The summed E-state index contributed by atoms with van der Waals surface area (Å²) in [4.78, 5) is 12.2. The first-order valence-electron chi connectivity index (χ1n) is 6.48. The van der Waals surface area contributed by atoms with Crippen LogP contribution in [0.15, 0.2) is 30.3 Å². The molecule has 0 saturated carbocycles. The van der Waals surface area contributed by atoms with Gasteiger partial charge in [-0.25, -0.2) is 9.97 Å². The molecule has 0 aliphatic carbocycles. The Morgan fingerprint density at radius 2 is 2.00 bits per heavy atom. The predicted molar refractivity (Wildman–Crippen MR) is 78.1 cm³/mol. The number of rotatable bonds is 2. The zero-order valence-electron chi connectivity index (χ0n) is 11.4. The summed E-state index contributed by atoms with van der Waals surface area (Å²) < 4.78 is 0. The van der Waals surface area contributed by atoms with Crippen LogP contribution in [-0.4, -0.2) is 15.0 Å². The largest absolute Gasteiger partial charge is 0.358 e. The normalized spacial score (nSPS) is 10.7. The third-order valence-corrected chi connectivity index (χ3v) is 3.29. The first-order chi connectivity index (χ1) is 9.69. The number of aromatic amines is 1. The lowest BCUT2D eigenvalue weighted by molar-refractivity contribution is 0.968. The molecule has 20 heavy (non-hydrogen) atoms. The van der Waals surface area contributed by atoms with Gasteiger partial charge in [0.25, 0.3) is 0 Å². The number of fused-ring (bicyclic) bond motifs is 1. The van der Waals surface area contributed by atoms with Gasteiger partial charge in [0, 0.05) is 27.9 Å². The smallest absolute Gasteiger partial charge is 0.143 e. The van der Waals surface area contributed by atoms with Gasteiger partial charge in [0.05, 0.1) is 18.2 Å². The van der Waals surface area contributed by atoms with Crippen LogP contribution in [0.3, 0.4) is 0 Å². The van der Waals surface area contributed by atoms with E-state index in [1.165, 1.54) is 0 Å². The summed E-state index contributed by atoms with van der Waals surface area (Å²) >= 11 is 0. The second-order valence-corrected chi connectivity index (χ2v) is 4.82. The standard InChI is InChI=1S/C16H14N4/c1-10-9-14(20-15(18-10)7-8-17)16-11(2)19-13-6-4-3-5-12(13)16/h3-6,9,19H,7H2,1-2H3. The van der Waals surface area contributed by atoms with Crippen LogP contribution < -0.4 is 0 Å². The Kier molecular flexibility index (Phi) is 2.96. The van der Waals surface area contributed by atoms with E-state index < -0.39 is 0 Å². The van der Waals surface area contributed by atoms with Crippen molar-refractivity contribution in [1.29, 1.82) is 5.26 Å². The molecule has 98 valence electrons. The van der Waals surface area contributed by atoms with Crippen molar-refractivity contribution >= 4 is 10.9 Å². The Hall–Kier alpha value is -2.67. The lowest BCUT2D eigenvalue weighted by atomic mass is 10.1. The number of hydrogen-bond acceptors (Lipinski definition) is 3. The number of nitrogens with zero attached hydrogens (tertiary/aromatic N) is 3. The Bertz CT molecular complexity index is 824. The van der Waals surface area contributed by atoms with Gasteiger partial charge in [-0.2, -0.15) is 5.26 Å². The van der Waals surface area contributed by atoms with Crippen molar-refractivity contribution < 1.29 is 0 Å². The number of H-pyrrole nitrogens is 1. The first-order valence-corrected chi connectivity index (χ1v) is 6.48. The fraction of sp³-hybridized carbons (Fsp3) is 0.188. The van der Waals surface area contributed by atoms with Crippen molar-refractivity contribution in [1.82, 2.24) is 15.0 Å². The summed E-state index contributed by atoms with van der Waals surface area (Å²) in [6.45, 7) is 3.97. The summed E-state index contributed by atoms with van der Waals surface area (Å²) in [6, 6.07) is 12.2. The number of hydrogen-bond donors (Lipinski definition) is 1. The number of benzene rings is 1. The van der Waals surface area contributed by atoms with Crippen molar-refractivity contribution in [2.24, 2.45) is 0 Å². The van der Waals surface area contributed by atoms with E-state index in [-0.39, 0.29) is 6.42 Å². The molecule has 1 aromatic carbocycles. The average molecular weight is 262 g/mol. The highest BCUT2D eigenvalue weighted by Crippen LogP contribution is 2.31. The molecule has 0 aliphatic rings. The van der Waals surface area contributed by atoms with Gasteiger partial charge in [-0.3, -0.25) is 0 Å². The molecule has 0 unspecified atom stereocenters. The van der Waals surface area contributed by atoms with Gasteiger partial charge in [-0.05, 0) is 26.0 Å². The Balaban J connectivity index is 2.25. The van der Waals surface area contributed by atoms with E-state index in [2.05, 4.69) is 33.2 Å². The number of nitriles is 1. The molecule has 3 aromatic rings. The quantitative estimate of drug-likeness (QED) is 0.770. The van der Waals surface area contributed by atoms with E-state index in [1.54, 1.807) is 0 Å². The number of nitrogens with one attached hydrogen (secondary N) is 1. The summed E-state index contributed by atoms with van der Waals surface area (Å²) in [5.41, 5.74) is 5.01. The molecule has 1 N–H and O–H groups in total. The summed E-state index contributed by atoms with van der Waals surface area (Å²) in [6.07, 6.45) is 0.232. The van der Waals surface area contributed by atoms with Gasteiger partial charge >= 0.3 is 0 Å². The molecule has 0 radical (unpaired) electrons. The lowest BCUT2D eigenvalue weighted by Gasteiger charge is -2.04. The topological polar surface area (TPSA) is 65.4 Å². The average Bonchev–Trinajstić information content (AvgIpc) is 2.74. The van der Waals surface area contributed by atoms with Crippen LogP contribution in [-0.2, 0) is 6.42 Å². The summed E-state index contributed by atoms with van der Waals surface area (Å²) in [5.74, 6) is 0.576. The minimum absolute atomic E-state index is 0.232. The highest BCUT2D eigenvalue weighted by atomic mass is 14.9. The summed E-state index contributed by atoms with van der Waals surface area (Å²) in [7, 11) is 0. The van der Waals surface area contributed by atoms with E-state index in [4.69, 9.17) is 5.26 Å². The van der Waals surface area contributed by atoms with E-state index in [0.29, 0.717) is 5.82 Å². The molecule has 0 amide bonds. The Labute approximate surface area is 117 Å². The highest BCUT2D eigenvalue weighted by Gasteiger charge is 2.13. The van der Waals surface area contributed by atoms with Crippen LogP contribution >= 0.6 is 0 Å². The predicted octanol–water partition coefficient (Wildman–Crippen LogP) is 3.31. The van der Waals surface area contributed by atoms with E-state index in [0.717, 1.165) is 33.5 Å². The molecule has 2 aromatic heterocycles. The van der Waals surface area contributed by atoms with Gasteiger partial charge in [0.2, 0.25) is 0 Å². The number of aromatic nitrogens is 3. The number of aryl methyl sites for hydroxylation is 2. The van der Waals surface area contributed by atoms with Gasteiger partial charge in [0.15, 0.2) is 0 Å². The highest BCUT2D eigenvalue weighted by molar-refractivity contribution is 5.96. The zero-order chi connectivity index (χ0) is 14.1. The van der Waals surface area contributed by atoms with Crippen LogP contribution in [0, 0.1) is 25.2 Å². The molecular formula is C16H14N4. The third-order valence-electron chi connectivity index (χ3n) is 3.29. The zero-order valence-corrected chi connectivity index (χ0v) is 11.4. The van der Waals surface area contributed by atoms with Crippen LogP contribution in [0.1, 0.15) is 17.2 Å². The van der Waals surface area contributed by atoms with Crippen molar-refractivity contribution in [3.63, 3.8) is 0 Å². The molecule has 0 saturated heterocycles. The maximum atomic E-state index is 8.82. The van der Waals surface area contributed by atoms with Gasteiger partial charge in [-0.15, -0.1) is 0 Å². The molecule has 3 rings (SSSR count). The first kappa shape index (κ1) is 12.4.